The molecular formula is C18H17N3OS. The average molecular weight is 323 g/mol. The lowest BCUT2D eigenvalue weighted by atomic mass is 9.90. The van der Waals surface area contributed by atoms with Crippen molar-refractivity contribution in [1.82, 2.24) is 9.78 Å². The van der Waals surface area contributed by atoms with Crippen LogP contribution in [0.1, 0.15) is 31.2 Å². The summed E-state index contributed by atoms with van der Waals surface area (Å²) in [5.74, 6) is -0.322. The van der Waals surface area contributed by atoms with E-state index in [4.69, 9.17) is 5.73 Å². The van der Waals surface area contributed by atoms with Gasteiger partial charge in [-0.1, -0.05) is 30.3 Å². The summed E-state index contributed by atoms with van der Waals surface area (Å²) >= 11 is 1.50. The summed E-state index contributed by atoms with van der Waals surface area (Å²) in [6, 6.07) is 10.3. The number of primary amides is 1. The Labute approximate surface area is 138 Å². The number of thiophene rings is 1. The van der Waals surface area contributed by atoms with Gasteiger partial charge in [-0.05, 0) is 36.5 Å². The van der Waals surface area contributed by atoms with E-state index in [-0.39, 0.29) is 5.91 Å². The zero-order valence-corrected chi connectivity index (χ0v) is 13.7. The smallest absolute Gasteiger partial charge is 0.259 e. The number of fused-ring (bicyclic) bond motifs is 3. The predicted molar refractivity (Wildman–Crippen MR) is 91.7 cm³/mol. The average Bonchev–Trinajstić information content (AvgIpc) is 3.10. The molecular weight excluding hydrogens is 306 g/mol. The van der Waals surface area contributed by atoms with E-state index in [1.54, 1.807) is 0 Å². The molecule has 23 heavy (non-hydrogen) atoms. The van der Waals surface area contributed by atoms with Gasteiger partial charge in [-0.3, -0.25) is 9.48 Å². The first kappa shape index (κ1) is 14.2. The highest BCUT2D eigenvalue weighted by atomic mass is 32.1. The van der Waals surface area contributed by atoms with Gasteiger partial charge in [0.15, 0.2) is 0 Å². The number of rotatable bonds is 3. The van der Waals surface area contributed by atoms with Crippen LogP contribution >= 0.6 is 11.3 Å². The van der Waals surface area contributed by atoms with Crippen molar-refractivity contribution in [1.29, 1.82) is 0 Å². The highest BCUT2D eigenvalue weighted by molar-refractivity contribution is 7.14. The van der Waals surface area contributed by atoms with Crippen LogP contribution in [-0.2, 0) is 19.4 Å². The number of nitrogens with two attached hydrogens (primary N) is 1. The van der Waals surface area contributed by atoms with Crippen LogP contribution in [0.4, 0.5) is 0 Å². The van der Waals surface area contributed by atoms with Crippen molar-refractivity contribution in [3.63, 3.8) is 0 Å². The Morgan fingerprint density at radius 2 is 2.09 bits per heavy atom. The molecule has 0 atom stereocenters. The molecule has 5 heteroatoms. The number of carbonyl (C=O) groups excluding carboxylic acids is 1. The van der Waals surface area contributed by atoms with Crippen LogP contribution in [0.2, 0.25) is 0 Å². The minimum Gasteiger partial charge on any atom is -0.365 e. The lowest BCUT2D eigenvalue weighted by Crippen LogP contribution is -2.14. The number of aryl methyl sites for hydroxylation is 2. The van der Waals surface area contributed by atoms with Crippen molar-refractivity contribution in [2.75, 3.05) is 0 Å². The normalized spacial score (nSPS) is 12.7. The topological polar surface area (TPSA) is 60.9 Å². The Kier molecular flexibility index (Phi) is 3.31. The van der Waals surface area contributed by atoms with E-state index >= 15 is 0 Å². The summed E-state index contributed by atoms with van der Waals surface area (Å²) in [5, 5.41) is 4.59. The lowest BCUT2D eigenvalue weighted by Gasteiger charge is -2.17. The first-order chi connectivity index (χ1) is 11.1. The maximum Gasteiger partial charge on any atom is 0.259 e. The van der Waals surface area contributed by atoms with Crippen LogP contribution < -0.4 is 5.73 Å². The van der Waals surface area contributed by atoms with Gasteiger partial charge in [0.05, 0.1) is 23.3 Å². The molecule has 2 N–H and O–H groups in total. The third kappa shape index (κ3) is 2.28. The number of benzene rings is 1. The van der Waals surface area contributed by atoms with E-state index in [1.807, 2.05) is 29.1 Å². The molecule has 0 bridgehead atoms. The molecule has 0 saturated heterocycles. The number of amides is 1. The van der Waals surface area contributed by atoms with Gasteiger partial charge in [0.1, 0.15) is 0 Å². The third-order valence-electron chi connectivity index (χ3n) is 4.38. The monoisotopic (exact) mass is 323 g/mol. The fraction of sp³-hybridized carbons (Fsp3) is 0.222. The van der Waals surface area contributed by atoms with Gasteiger partial charge >= 0.3 is 0 Å². The van der Waals surface area contributed by atoms with Crippen LogP contribution in [-0.4, -0.2) is 15.7 Å². The highest BCUT2D eigenvalue weighted by Gasteiger charge is 2.28. The molecule has 2 heterocycles. The Hall–Kier alpha value is -2.40. The van der Waals surface area contributed by atoms with Crippen LogP contribution in [0.3, 0.4) is 0 Å². The zero-order chi connectivity index (χ0) is 16.0. The number of hydrogen-bond acceptors (Lipinski definition) is 3. The third-order valence-corrected chi connectivity index (χ3v) is 5.54. The lowest BCUT2D eigenvalue weighted by molar-refractivity contribution is 0.100. The molecule has 1 amide bonds. The summed E-state index contributed by atoms with van der Waals surface area (Å²) < 4.78 is 2.05. The quantitative estimate of drug-likeness (QED) is 0.805. The van der Waals surface area contributed by atoms with Gasteiger partial charge < -0.3 is 5.73 Å². The minimum absolute atomic E-state index is 0.322. The number of aromatic nitrogens is 2. The SMILES string of the molecule is Cc1sc(C(N)=O)c2c1-c1c(cnn1Cc1ccccc1)CC2. The van der Waals surface area contributed by atoms with Gasteiger partial charge in [-0.2, -0.15) is 5.10 Å². The largest absolute Gasteiger partial charge is 0.365 e. The summed E-state index contributed by atoms with van der Waals surface area (Å²) in [4.78, 5) is 13.6. The molecule has 0 fully saturated rings. The van der Waals surface area contributed by atoms with Crippen molar-refractivity contribution in [3.05, 3.63) is 63.0 Å². The van der Waals surface area contributed by atoms with Gasteiger partial charge in [0.25, 0.3) is 5.91 Å². The van der Waals surface area contributed by atoms with Crippen molar-refractivity contribution < 1.29 is 4.79 Å². The van der Waals surface area contributed by atoms with Crippen molar-refractivity contribution >= 4 is 17.2 Å². The molecule has 1 aromatic carbocycles. The van der Waals surface area contributed by atoms with E-state index in [0.29, 0.717) is 4.88 Å². The molecule has 2 aromatic heterocycles. The zero-order valence-electron chi connectivity index (χ0n) is 12.9. The van der Waals surface area contributed by atoms with E-state index in [2.05, 4.69) is 24.2 Å². The Bertz CT molecular complexity index is 893. The Morgan fingerprint density at radius 1 is 1.30 bits per heavy atom. The molecule has 116 valence electrons. The van der Waals surface area contributed by atoms with E-state index < -0.39 is 0 Å². The van der Waals surface area contributed by atoms with Gasteiger partial charge in [-0.25, -0.2) is 0 Å². The molecule has 1 aliphatic carbocycles. The molecule has 3 aromatic rings. The first-order valence-electron chi connectivity index (χ1n) is 7.66. The molecule has 0 radical (unpaired) electrons. The maximum absolute atomic E-state index is 11.7. The minimum atomic E-state index is -0.322. The van der Waals surface area contributed by atoms with Crippen molar-refractivity contribution in [2.45, 2.75) is 26.3 Å². The molecule has 4 rings (SSSR count). The summed E-state index contributed by atoms with van der Waals surface area (Å²) in [7, 11) is 0. The van der Waals surface area contributed by atoms with Crippen LogP contribution in [0.25, 0.3) is 11.3 Å². The number of nitrogens with zero attached hydrogens (tertiary/aromatic N) is 2. The molecule has 0 saturated carbocycles. The van der Waals surface area contributed by atoms with E-state index in [9.17, 15) is 4.79 Å². The van der Waals surface area contributed by atoms with Gasteiger partial charge in [0, 0.05) is 10.4 Å². The summed E-state index contributed by atoms with van der Waals surface area (Å²) in [6.45, 7) is 2.79. The molecule has 4 nitrogen and oxygen atoms in total. The van der Waals surface area contributed by atoms with Crippen LogP contribution in [0.5, 0.6) is 0 Å². The summed E-state index contributed by atoms with van der Waals surface area (Å²) in [6.07, 6.45) is 3.73. The predicted octanol–water partition coefficient (Wildman–Crippen LogP) is 3.17. The molecule has 1 aliphatic rings. The number of hydrogen-bond donors (Lipinski definition) is 1. The van der Waals surface area contributed by atoms with Crippen LogP contribution in [0.15, 0.2) is 36.5 Å². The van der Waals surface area contributed by atoms with Crippen molar-refractivity contribution in [3.8, 4) is 11.3 Å². The fourth-order valence-corrected chi connectivity index (χ4v) is 4.43. The van der Waals surface area contributed by atoms with Gasteiger partial charge in [-0.15, -0.1) is 11.3 Å². The second-order valence-electron chi connectivity index (χ2n) is 5.87. The molecule has 0 unspecified atom stereocenters. The van der Waals surface area contributed by atoms with Gasteiger partial charge in [0.2, 0.25) is 0 Å². The number of carbonyl (C=O) groups is 1. The summed E-state index contributed by atoms with van der Waals surface area (Å²) in [5.41, 5.74) is 11.4. The van der Waals surface area contributed by atoms with Crippen LogP contribution in [0, 0.1) is 6.92 Å². The first-order valence-corrected chi connectivity index (χ1v) is 8.48. The van der Waals surface area contributed by atoms with Crippen molar-refractivity contribution in [2.24, 2.45) is 5.73 Å². The molecule has 0 spiro atoms. The van der Waals surface area contributed by atoms with E-state index in [1.165, 1.54) is 28.0 Å². The Balaban J connectivity index is 1.84. The standard InChI is InChI=1S/C18H17N3OS/c1-11-15-14(17(23-11)18(19)22)8-7-13-9-20-21(16(13)15)10-12-5-3-2-4-6-12/h2-6,9H,7-8,10H2,1H3,(H2,19,22). The second kappa shape index (κ2) is 5.35. The Morgan fingerprint density at radius 3 is 2.83 bits per heavy atom. The highest BCUT2D eigenvalue weighted by Crippen LogP contribution is 2.42. The van der Waals surface area contributed by atoms with E-state index in [0.717, 1.165) is 35.5 Å². The molecule has 0 aliphatic heterocycles. The second-order valence-corrected chi connectivity index (χ2v) is 7.09. The fourth-order valence-electron chi connectivity index (χ4n) is 3.37. The maximum atomic E-state index is 11.7.